The Bertz CT molecular complexity index is 1090. The molecule has 0 radical (unpaired) electrons. The van der Waals surface area contributed by atoms with Crippen molar-refractivity contribution in [3.63, 3.8) is 0 Å². The second-order valence-corrected chi connectivity index (χ2v) is 8.03. The molecule has 1 fully saturated rings. The van der Waals surface area contributed by atoms with Crippen LogP contribution in [0, 0.1) is 11.3 Å². The van der Waals surface area contributed by atoms with Crippen LogP contribution in [-0.4, -0.2) is 18.9 Å². The molecule has 1 saturated heterocycles. The Morgan fingerprint density at radius 3 is 2.41 bits per heavy atom. The van der Waals surface area contributed by atoms with Gasteiger partial charge in [0.15, 0.2) is 5.78 Å². The number of nitrogens with zero attached hydrogens (tertiary/aromatic N) is 2. The molecule has 0 amide bonds. The van der Waals surface area contributed by atoms with Gasteiger partial charge in [-0.3, -0.25) is 4.79 Å². The maximum atomic E-state index is 13.3. The molecule has 3 aromatic rings. The summed E-state index contributed by atoms with van der Waals surface area (Å²) in [4.78, 5) is 16.7. The number of ketones is 1. The van der Waals surface area contributed by atoms with Gasteiger partial charge in [0, 0.05) is 34.7 Å². The predicted octanol–water partition coefficient (Wildman–Crippen LogP) is 5.49. The number of piperidine rings is 1. The number of hydrogen-bond donors (Lipinski definition) is 0. The van der Waals surface area contributed by atoms with E-state index in [-0.39, 0.29) is 5.78 Å². The SMILES string of the molecule is N#Cc1c(N2CCCCC2)cc(-c2cccs2)c2c1C(=O)c1ccccc1-2. The van der Waals surface area contributed by atoms with Crippen LogP contribution in [-0.2, 0) is 0 Å². The summed E-state index contributed by atoms with van der Waals surface area (Å²) < 4.78 is 0. The predicted molar refractivity (Wildman–Crippen MR) is 109 cm³/mol. The number of rotatable bonds is 2. The summed E-state index contributed by atoms with van der Waals surface area (Å²) >= 11 is 1.67. The van der Waals surface area contributed by atoms with Crippen molar-refractivity contribution in [1.82, 2.24) is 0 Å². The molecule has 27 heavy (non-hydrogen) atoms. The molecule has 0 N–H and O–H groups in total. The zero-order valence-electron chi connectivity index (χ0n) is 14.9. The maximum absolute atomic E-state index is 13.3. The summed E-state index contributed by atoms with van der Waals surface area (Å²) in [6, 6.07) is 16.4. The summed E-state index contributed by atoms with van der Waals surface area (Å²) in [5.74, 6) is -0.0196. The van der Waals surface area contributed by atoms with Crippen LogP contribution in [0.15, 0.2) is 47.8 Å². The quantitative estimate of drug-likeness (QED) is 0.469. The minimum atomic E-state index is -0.0196. The fourth-order valence-electron chi connectivity index (χ4n) is 4.33. The largest absolute Gasteiger partial charge is 0.370 e. The Morgan fingerprint density at radius 2 is 1.70 bits per heavy atom. The fraction of sp³-hybridized carbons (Fsp3) is 0.217. The molecular formula is C23H18N2OS. The molecule has 2 heterocycles. The molecule has 0 saturated carbocycles. The lowest BCUT2D eigenvalue weighted by molar-refractivity contribution is 0.104. The summed E-state index contributed by atoms with van der Waals surface area (Å²) in [6.07, 6.45) is 3.49. The van der Waals surface area contributed by atoms with Gasteiger partial charge in [-0.25, -0.2) is 0 Å². The van der Waals surface area contributed by atoms with E-state index in [9.17, 15) is 10.1 Å². The van der Waals surface area contributed by atoms with E-state index >= 15 is 0 Å². The molecule has 1 aliphatic heterocycles. The van der Waals surface area contributed by atoms with E-state index in [4.69, 9.17) is 0 Å². The van der Waals surface area contributed by atoms with Crippen LogP contribution in [0.25, 0.3) is 21.6 Å². The van der Waals surface area contributed by atoms with E-state index in [1.165, 1.54) is 6.42 Å². The minimum absolute atomic E-state index is 0.0196. The zero-order chi connectivity index (χ0) is 18.4. The van der Waals surface area contributed by atoms with Crippen molar-refractivity contribution in [3.8, 4) is 27.6 Å². The third-order valence-corrected chi connectivity index (χ3v) is 6.47. The fourth-order valence-corrected chi connectivity index (χ4v) is 5.08. The van der Waals surface area contributed by atoms with Gasteiger partial charge in [-0.05, 0) is 42.3 Å². The topological polar surface area (TPSA) is 44.1 Å². The molecule has 2 aliphatic rings. The lowest BCUT2D eigenvalue weighted by Gasteiger charge is -2.30. The van der Waals surface area contributed by atoms with Crippen LogP contribution in [0.1, 0.15) is 40.7 Å². The number of nitriles is 1. The van der Waals surface area contributed by atoms with E-state index in [1.54, 1.807) is 11.3 Å². The Labute approximate surface area is 162 Å². The van der Waals surface area contributed by atoms with E-state index in [1.807, 2.05) is 30.3 Å². The normalized spacial score (nSPS) is 15.4. The van der Waals surface area contributed by atoms with Crippen LogP contribution in [0.5, 0.6) is 0 Å². The molecule has 0 unspecified atom stereocenters. The van der Waals surface area contributed by atoms with Crippen LogP contribution in [0.2, 0.25) is 0 Å². The molecule has 0 bridgehead atoms. The van der Waals surface area contributed by atoms with E-state index in [0.29, 0.717) is 16.7 Å². The van der Waals surface area contributed by atoms with Gasteiger partial charge < -0.3 is 4.90 Å². The van der Waals surface area contributed by atoms with Gasteiger partial charge in [-0.15, -0.1) is 11.3 Å². The lowest BCUT2D eigenvalue weighted by Crippen LogP contribution is -2.30. The Kier molecular flexibility index (Phi) is 3.84. The monoisotopic (exact) mass is 370 g/mol. The van der Waals surface area contributed by atoms with Crippen LogP contribution < -0.4 is 4.90 Å². The third-order valence-electron chi connectivity index (χ3n) is 5.57. The maximum Gasteiger partial charge on any atom is 0.195 e. The third kappa shape index (κ3) is 2.43. The Balaban J connectivity index is 1.84. The van der Waals surface area contributed by atoms with Crippen molar-refractivity contribution in [2.45, 2.75) is 19.3 Å². The molecule has 3 nitrogen and oxygen atoms in total. The van der Waals surface area contributed by atoms with Gasteiger partial charge in [0.2, 0.25) is 0 Å². The summed E-state index contributed by atoms with van der Waals surface area (Å²) in [7, 11) is 0. The number of benzene rings is 2. The number of carbonyl (C=O) groups is 1. The van der Waals surface area contributed by atoms with Crippen molar-refractivity contribution in [3.05, 3.63) is 64.5 Å². The number of anilines is 1. The van der Waals surface area contributed by atoms with Crippen molar-refractivity contribution in [1.29, 1.82) is 5.26 Å². The van der Waals surface area contributed by atoms with Gasteiger partial charge in [0.05, 0.1) is 16.8 Å². The van der Waals surface area contributed by atoms with Gasteiger partial charge >= 0.3 is 0 Å². The standard InChI is InChI=1S/C23H18N2OS/c24-14-18-19(25-10-4-1-5-11-25)13-17(20-9-6-12-27-20)21-15-7-2-3-8-16(15)23(26)22(18)21/h2-3,6-9,12-13H,1,4-5,10-11H2. The van der Waals surface area contributed by atoms with E-state index < -0.39 is 0 Å². The highest BCUT2D eigenvalue weighted by atomic mass is 32.1. The van der Waals surface area contributed by atoms with E-state index in [2.05, 4.69) is 28.5 Å². The molecule has 0 atom stereocenters. The van der Waals surface area contributed by atoms with Crippen molar-refractivity contribution < 1.29 is 4.79 Å². The van der Waals surface area contributed by atoms with Gasteiger partial charge in [-0.1, -0.05) is 30.3 Å². The highest BCUT2D eigenvalue weighted by Crippen LogP contribution is 2.48. The first-order valence-electron chi connectivity index (χ1n) is 9.33. The van der Waals surface area contributed by atoms with E-state index in [0.717, 1.165) is 53.2 Å². The average Bonchev–Trinajstić information content (AvgIpc) is 3.36. The molecular weight excluding hydrogens is 352 g/mol. The summed E-state index contributed by atoms with van der Waals surface area (Å²) in [5, 5.41) is 12.1. The second-order valence-electron chi connectivity index (χ2n) is 7.08. The number of hydrogen-bond acceptors (Lipinski definition) is 4. The number of carbonyl (C=O) groups excluding carboxylic acids is 1. The summed E-state index contributed by atoms with van der Waals surface area (Å²) in [5.41, 5.74) is 5.69. The van der Waals surface area contributed by atoms with Gasteiger partial charge in [0.1, 0.15) is 6.07 Å². The average molecular weight is 370 g/mol. The first-order valence-corrected chi connectivity index (χ1v) is 10.2. The second kappa shape index (κ2) is 6.37. The lowest BCUT2D eigenvalue weighted by atomic mass is 9.92. The Hall–Kier alpha value is -2.90. The van der Waals surface area contributed by atoms with Crippen molar-refractivity contribution >= 4 is 22.8 Å². The van der Waals surface area contributed by atoms with Gasteiger partial charge in [0.25, 0.3) is 0 Å². The van der Waals surface area contributed by atoms with Crippen LogP contribution in [0.4, 0.5) is 5.69 Å². The molecule has 1 aromatic heterocycles. The van der Waals surface area contributed by atoms with Crippen molar-refractivity contribution in [2.24, 2.45) is 0 Å². The Morgan fingerprint density at radius 1 is 0.926 bits per heavy atom. The molecule has 0 spiro atoms. The van der Waals surface area contributed by atoms with Crippen LogP contribution >= 0.6 is 11.3 Å². The first-order chi connectivity index (χ1) is 13.3. The molecule has 132 valence electrons. The summed E-state index contributed by atoms with van der Waals surface area (Å²) in [6.45, 7) is 1.89. The van der Waals surface area contributed by atoms with Crippen LogP contribution in [0.3, 0.4) is 0 Å². The zero-order valence-corrected chi connectivity index (χ0v) is 15.7. The molecule has 5 rings (SSSR count). The molecule has 4 heteroatoms. The smallest absolute Gasteiger partial charge is 0.195 e. The van der Waals surface area contributed by atoms with Crippen molar-refractivity contribution in [2.75, 3.05) is 18.0 Å². The minimum Gasteiger partial charge on any atom is -0.370 e. The molecule has 2 aromatic carbocycles. The highest BCUT2D eigenvalue weighted by molar-refractivity contribution is 7.13. The number of fused-ring (bicyclic) bond motifs is 3. The first kappa shape index (κ1) is 16.3. The highest BCUT2D eigenvalue weighted by Gasteiger charge is 2.34. The molecule has 1 aliphatic carbocycles. The van der Waals surface area contributed by atoms with Gasteiger partial charge in [-0.2, -0.15) is 5.26 Å². The number of thiophene rings is 1.